The van der Waals surface area contributed by atoms with Crippen molar-refractivity contribution in [1.29, 1.82) is 0 Å². The first-order valence-electron chi connectivity index (χ1n) is 11.5. The van der Waals surface area contributed by atoms with Gasteiger partial charge in [0.2, 0.25) is 5.16 Å². The summed E-state index contributed by atoms with van der Waals surface area (Å²) in [6, 6.07) is 16.8. The highest BCUT2D eigenvalue weighted by Crippen LogP contribution is 2.37. The van der Waals surface area contributed by atoms with Gasteiger partial charge in [-0.15, -0.1) is 5.10 Å². The molecular weight excluding hydrogens is 556 g/mol. The second-order valence-corrected chi connectivity index (χ2v) is 10.5. The summed E-state index contributed by atoms with van der Waals surface area (Å²) in [6.07, 6.45) is 1.51. The summed E-state index contributed by atoms with van der Waals surface area (Å²) in [7, 11) is 0. The Kier molecular flexibility index (Phi) is 7.39. The Balaban J connectivity index is 1.40. The average Bonchev–Trinajstić information content (AvgIpc) is 3.52. The van der Waals surface area contributed by atoms with Crippen LogP contribution in [0.2, 0.25) is 0 Å². The molecule has 1 aliphatic rings. The molecule has 1 amide bonds. The molecule has 0 unspecified atom stereocenters. The van der Waals surface area contributed by atoms with Crippen LogP contribution < -0.4 is 5.32 Å². The Morgan fingerprint density at radius 2 is 1.77 bits per heavy atom. The number of amidine groups is 1. The third-order valence-corrected chi connectivity index (χ3v) is 7.74. The summed E-state index contributed by atoms with van der Waals surface area (Å²) in [4.78, 5) is 39.8. The van der Waals surface area contributed by atoms with Crippen molar-refractivity contribution in [2.75, 3.05) is 0 Å². The van der Waals surface area contributed by atoms with Gasteiger partial charge in [0, 0.05) is 17.7 Å². The van der Waals surface area contributed by atoms with Crippen LogP contribution in [-0.4, -0.2) is 41.1 Å². The zero-order valence-corrected chi connectivity index (χ0v) is 22.5. The highest BCUT2D eigenvalue weighted by Gasteiger charge is 2.25. The number of carbonyl (C=O) groups excluding carboxylic acids is 1. The van der Waals surface area contributed by atoms with Crippen LogP contribution in [0.15, 0.2) is 80.6 Å². The van der Waals surface area contributed by atoms with Gasteiger partial charge in [-0.25, -0.2) is 4.99 Å². The molecule has 0 bridgehead atoms. The van der Waals surface area contributed by atoms with E-state index in [1.165, 1.54) is 22.9 Å². The molecule has 200 valence electrons. The lowest BCUT2D eigenvalue weighted by Crippen LogP contribution is -2.19. The van der Waals surface area contributed by atoms with Crippen LogP contribution in [0.25, 0.3) is 11.8 Å². The monoisotopic (exact) mass is 574 g/mol. The summed E-state index contributed by atoms with van der Waals surface area (Å²) in [5.74, 6) is -0.440. The molecule has 2 heterocycles. The van der Waals surface area contributed by atoms with Crippen molar-refractivity contribution in [2.24, 2.45) is 4.99 Å². The Morgan fingerprint density at radius 1 is 1.02 bits per heavy atom. The number of aliphatic imine (C=N–C) groups is 1. The summed E-state index contributed by atoms with van der Waals surface area (Å²) < 4.78 is 1.48. The van der Waals surface area contributed by atoms with Gasteiger partial charge in [-0.2, -0.15) is 4.68 Å². The average molecular weight is 575 g/mol. The van der Waals surface area contributed by atoms with Gasteiger partial charge in [0.05, 0.1) is 31.0 Å². The molecule has 0 radical (unpaired) electrons. The van der Waals surface area contributed by atoms with Gasteiger partial charge in [0.25, 0.3) is 17.3 Å². The molecule has 0 atom stereocenters. The third kappa shape index (κ3) is 5.60. The van der Waals surface area contributed by atoms with E-state index in [1.54, 1.807) is 32.0 Å². The predicted octanol–water partition coefficient (Wildman–Crippen LogP) is 5.14. The van der Waals surface area contributed by atoms with E-state index in [0.29, 0.717) is 38.1 Å². The smallest absolute Gasteiger partial charge is 0.283 e. The molecule has 0 spiro atoms. The van der Waals surface area contributed by atoms with Gasteiger partial charge >= 0.3 is 0 Å². The standard InChI is InChI=1S/C25H18N8O5S2/c1-14-10-17(13-19(15(14)2)32(35)36)26-24-27-23(34)22(39-24)12-16-8-9-21(20(11-16)33(37)38)40-25-28-29-30-31(25)18-6-4-3-5-7-18/h3-13H,1-2H3,(H,26,27,34)/b22-12-. The minimum absolute atomic E-state index is 0.0625. The second-order valence-electron chi connectivity index (χ2n) is 8.44. The number of nitro groups is 2. The van der Waals surface area contributed by atoms with Crippen molar-refractivity contribution in [3.8, 4) is 5.69 Å². The number of thioether (sulfide) groups is 1. The SMILES string of the molecule is Cc1cc(N=C2NC(=O)/C(=C/c3ccc(Sc4nnnn4-c4ccccc4)c([N+](=O)[O-])c3)S2)cc([N+](=O)[O-])c1C. The number of hydrogen-bond donors (Lipinski definition) is 1. The van der Waals surface area contributed by atoms with Crippen molar-refractivity contribution in [3.63, 3.8) is 0 Å². The molecular formula is C25H18N8O5S2. The van der Waals surface area contributed by atoms with Crippen molar-refractivity contribution in [3.05, 3.63) is 102 Å². The Labute approximate surface area is 234 Å². The summed E-state index contributed by atoms with van der Waals surface area (Å²) in [5.41, 5.74) is 2.46. The first-order valence-corrected chi connectivity index (χ1v) is 13.2. The number of carbonyl (C=O) groups is 1. The Bertz CT molecular complexity index is 1740. The van der Waals surface area contributed by atoms with Gasteiger partial charge in [-0.05, 0) is 89.3 Å². The van der Waals surface area contributed by atoms with E-state index in [1.807, 2.05) is 30.3 Å². The number of aromatic nitrogens is 4. The fraction of sp³-hybridized carbons (Fsp3) is 0.0800. The van der Waals surface area contributed by atoms with E-state index in [0.717, 1.165) is 23.5 Å². The molecule has 1 aromatic heterocycles. The summed E-state index contributed by atoms with van der Waals surface area (Å²) in [6.45, 7) is 3.40. The number of tetrazole rings is 1. The molecule has 3 aromatic carbocycles. The van der Waals surface area contributed by atoms with E-state index < -0.39 is 15.8 Å². The molecule has 15 heteroatoms. The molecule has 40 heavy (non-hydrogen) atoms. The highest BCUT2D eigenvalue weighted by molar-refractivity contribution is 8.18. The van der Waals surface area contributed by atoms with Gasteiger partial charge in [-0.3, -0.25) is 25.0 Å². The lowest BCUT2D eigenvalue weighted by Gasteiger charge is -2.05. The van der Waals surface area contributed by atoms with E-state index in [9.17, 15) is 25.0 Å². The molecule has 4 aromatic rings. The van der Waals surface area contributed by atoms with Crippen LogP contribution in [0, 0.1) is 34.1 Å². The van der Waals surface area contributed by atoms with Crippen molar-refractivity contribution in [2.45, 2.75) is 23.9 Å². The van der Waals surface area contributed by atoms with E-state index in [4.69, 9.17) is 0 Å². The maximum absolute atomic E-state index is 12.6. The highest BCUT2D eigenvalue weighted by atomic mass is 32.2. The molecule has 1 aliphatic heterocycles. The molecule has 0 aliphatic carbocycles. The van der Waals surface area contributed by atoms with Gasteiger partial charge in [0.15, 0.2) is 5.17 Å². The topological polar surface area (TPSA) is 171 Å². The lowest BCUT2D eigenvalue weighted by molar-refractivity contribution is -0.387. The largest absolute Gasteiger partial charge is 0.300 e. The van der Waals surface area contributed by atoms with Crippen molar-refractivity contribution < 1.29 is 14.6 Å². The number of para-hydroxylation sites is 1. The van der Waals surface area contributed by atoms with Crippen LogP contribution in [0.1, 0.15) is 16.7 Å². The van der Waals surface area contributed by atoms with Crippen LogP contribution in [0.4, 0.5) is 17.1 Å². The molecule has 0 saturated carbocycles. The van der Waals surface area contributed by atoms with E-state index in [-0.39, 0.29) is 21.4 Å². The number of benzene rings is 3. The van der Waals surface area contributed by atoms with Crippen molar-refractivity contribution in [1.82, 2.24) is 25.5 Å². The van der Waals surface area contributed by atoms with Crippen LogP contribution >= 0.6 is 23.5 Å². The summed E-state index contributed by atoms with van der Waals surface area (Å²) in [5, 5.41) is 38.1. The quantitative estimate of drug-likeness (QED) is 0.177. The first-order chi connectivity index (χ1) is 19.2. The van der Waals surface area contributed by atoms with Crippen LogP contribution in [-0.2, 0) is 4.79 Å². The number of aryl methyl sites for hydroxylation is 1. The molecule has 1 saturated heterocycles. The Hall–Kier alpha value is -4.89. The maximum atomic E-state index is 12.6. The number of amides is 1. The third-order valence-electron chi connectivity index (χ3n) is 5.82. The number of nitrogens with zero attached hydrogens (tertiary/aromatic N) is 7. The maximum Gasteiger partial charge on any atom is 0.283 e. The first kappa shape index (κ1) is 26.7. The normalized spacial score (nSPS) is 15.0. The number of nitrogens with one attached hydrogen (secondary N) is 1. The van der Waals surface area contributed by atoms with Gasteiger partial charge in [0.1, 0.15) is 0 Å². The second kappa shape index (κ2) is 11.1. The molecule has 1 fully saturated rings. The summed E-state index contributed by atoms with van der Waals surface area (Å²) >= 11 is 2.07. The number of rotatable bonds is 7. The Morgan fingerprint density at radius 3 is 2.50 bits per heavy atom. The van der Waals surface area contributed by atoms with Gasteiger partial charge < -0.3 is 5.32 Å². The fourth-order valence-electron chi connectivity index (χ4n) is 3.75. The number of nitro benzene ring substituents is 2. The number of hydrogen-bond acceptors (Lipinski definition) is 11. The van der Waals surface area contributed by atoms with E-state index >= 15 is 0 Å². The zero-order valence-electron chi connectivity index (χ0n) is 20.8. The predicted molar refractivity (Wildman–Crippen MR) is 150 cm³/mol. The van der Waals surface area contributed by atoms with Gasteiger partial charge in [-0.1, -0.05) is 24.3 Å². The van der Waals surface area contributed by atoms with Crippen LogP contribution in [0.5, 0.6) is 0 Å². The molecule has 13 nitrogen and oxygen atoms in total. The lowest BCUT2D eigenvalue weighted by atomic mass is 10.1. The minimum Gasteiger partial charge on any atom is -0.300 e. The molecule has 5 rings (SSSR count). The van der Waals surface area contributed by atoms with Crippen molar-refractivity contribution >= 4 is 57.7 Å². The van der Waals surface area contributed by atoms with E-state index in [2.05, 4.69) is 25.8 Å². The molecule has 1 N–H and O–H groups in total. The fourth-order valence-corrected chi connectivity index (χ4v) is 5.47. The minimum atomic E-state index is -0.512. The zero-order chi connectivity index (χ0) is 28.4. The van der Waals surface area contributed by atoms with Crippen LogP contribution in [0.3, 0.4) is 0 Å².